The van der Waals surface area contributed by atoms with E-state index in [0.29, 0.717) is 5.56 Å². The van der Waals surface area contributed by atoms with Gasteiger partial charge in [0.25, 0.3) is 5.91 Å². The lowest BCUT2D eigenvalue weighted by Crippen LogP contribution is -2.52. The number of benzene rings is 2. The number of urea groups is 1. The molecular formula is C20H15F5N4O4. The van der Waals surface area contributed by atoms with E-state index in [1.807, 2.05) is 0 Å². The largest absolute Gasteiger partial charge is 0.480 e. The van der Waals surface area contributed by atoms with Crippen molar-refractivity contribution in [3.63, 3.8) is 0 Å². The molecule has 174 valence electrons. The average Bonchev–Trinajstić information content (AvgIpc) is 2.94. The number of alkyl halides is 2. The molecule has 2 N–H and O–H groups in total. The Kier molecular flexibility index (Phi) is 5.92. The minimum absolute atomic E-state index is 0.0427. The molecular weight excluding hydrogens is 455 g/mol. The molecule has 2 aromatic rings. The number of rotatable bonds is 7. The summed E-state index contributed by atoms with van der Waals surface area (Å²) >= 11 is 0. The number of nitrogens with zero attached hydrogens (tertiary/aromatic N) is 3. The third-order valence-electron chi connectivity index (χ3n) is 5.24. The number of halogens is 5. The molecule has 0 aliphatic carbocycles. The molecule has 1 aliphatic heterocycles. The van der Waals surface area contributed by atoms with Crippen LogP contribution in [0.25, 0.3) is 0 Å². The summed E-state index contributed by atoms with van der Waals surface area (Å²) in [6.45, 7) is -0.435. The van der Waals surface area contributed by atoms with E-state index >= 15 is 8.78 Å². The second kappa shape index (κ2) is 8.22. The van der Waals surface area contributed by atoms with E-state index in [4.69, 9.17) is 10.6 Å². The van der Waals surface area contributed by atoms with Gasteiger partial charge in [0.05, 0.1) is 12.1 Å². The van der Waals surface area contributed by atoms with Crippen molar-refractivity contribution in [3.05, 3.63) is 70.5 Å². The Hall–Kier alpha value is -3.90. The van der Waals surface area contributed by atoms with Crippen LogP contribution in [0.15, 0.2) is 41.5 Å². The van der Waals surface area contributed by atoms with Crippen molar-refractivity contribution >= 4 is 17.9 Å². The zero-order valence-corrected chi connectivity index (χ0v) is 16.8. The summed E-state index contributed by atoms with van der Waals surface area (Å²) in [5, 5.41) is 12.2. The lowest BCUT2D eigenvalue weighted by Gasteiger charge is -2.37. The van der Waals surface area contributed by atoms with Crippen molar-refractivity contribution in [1.29, 1.82) is 5.53 Å². The Morgan fingerprint density at radius 1 is 1.09 bits per heavy atom. The number of hydrogen-bond acceptors (Lipinski definition) is 5. The first-order valence-corrected chi connectivity index (χ1v) is 9.19. The summed E-state index contributed by atoms with van der Waals surface area (Å²) in [5.74, 6) is -9.27. The number of carbonyl (C=O) groups is 3. The minimum Gasteiger partial charge on any atom is -0.480 e. The molecule has 0 saturated carbocycles. The molecule has 1 saturated heterocycles. The van der Waals surface area contributed by atoms with Crippen LogP contribution >= 0.6 is 0 Å². The molecule has 33 heavy (non-hydrogen) atoms. The maximum absolute atomic E-state index is 15.6. The van der Waals surface area contributed by atoms with E-state index in [9.17, 15) is 27.6 Å². The van der Waals surface area contributed by atoms with E-state index in [0.717, 1.165) is 6.92 Å². The van der Waals surface area contributed by atoms with Crippen LogP contribution in [0.4, 0.5) is 26.7 Å². The van der Waals surface area contributed by atoms with Crippen LogP contribution in [-0.4, -0.2) is 39.4 Å². The average molecular weight is 470 g/mol. The van der Waals surface area contributed by atoms with Crippen LogP contribution in [0.3, 0.4) is 0 Å². The molecule has 8 nitrogen and oxygen atoms in total. The molecule has 3 rings (SSSR count). The SMILES string of the molecule is C[C@@]1(c2ccc(CN=N)cc2)C(=O)N(CC(=O)O)C(=O)N1C(F)(F)c1ccc(F)c(F)c1F. The number of amides is 3. The Balaban J connectivity index is 2.23. The standard InChI is InChI=1S/C20H15F5N4O4/c1-19(11-4-2-10(3-5-11)8-27-26)17(32)28(9-14(30)31)18(33)29(19)20(24,25)12-6-7-13(21)16(23)15(12)22/h2-7,26H,8-9H2,1H3,(H,30,31)/t19-/m1/s1. The number of hydrogen-bond donors (Lipinski definition) is 2. The Morgan fingerprint density at radius 3 is 2.24 bits per heavy atom. The van der Waals surface area contributed by atoms with Gasteiger partial charge in [-0.3, -0.25) is 14.5 Å². The summed E-state index contributed by atoms with van der Waals surface area (Å²) in [4.78, 5) is 36.7. The quantitative estimate of drug-likeness (QED) is 0.210. The van der Waals surface area contributed by atoms with Crippen molar-refractivity contribution < 1.29 is 41.4 Å². The van der Waals surface area contributed by atoms with Crippen LogP contribution < -0.4 is 0 Å². The van der Waals surface area contributed by atoms with Gasteiger partial charge in [-0.1, -0.05) is 24.3 Å². The maximum Gasteiger partial charge on any atom is 0.360 e. The van der Waals surface area contributed by atoms with Crippen molar-refractivity contribution in [3.8, 4) is 0 Å². The molecule has 0 aromatic heterocycles. The second-order valence-electron chi connectivity index (χ2n) is 7.25. The lowest BCUT2D eigenvalue weighted by molar-refractivity contribution is -0.169. The highest BCUT2D eigenvalue weighted by atomic mass is 19.3. The first kappa shape index (κ1) is 23.8. The van der Waals surface area contributed by atoms with Gasteiger partial charge in [0, 0.05) is 0 Å². The van der Waals surface area contributed by atoms with Crippen molar-refractivity contribution in [2.45, 2.75) is 25.1 Å². The highest BCUT2D eigenvalue weighted by Crippen LogP contribution is 2.48. The van der Waals surface area contributed by atoms with Gasteiger partial charge in [-0.15, -0.1) is 0 Å². The molecule has 0 bridgehead atoms. The van der Waals surface area contributed by atoms with E-state index in [-0.39, 0.29) is 34.0 Å². The topological polar surface area (TPSA) is 114 Å². The summed E-state index contributed by atoms with van der Waals surface area (Å²) in [6.07, 6.45) is 0. The number of nitrogens with one attached hydrogen (secondary N) is 1. The fourth-order valence-electron chi connectivity index (χ4n) is 3.59. The molecule has 2 aromatic carbocycles. The van der Waals surface area contributed by atoms with Gasteiger partial charge in [0.1, 0.15) is 6.54 Å². The minimum atomic E-state index is -4.71. The molecule has 0 radical (unpaired) electrons. The number of carboxylic acids is 1. The maximum atomic E-state index is 15.6. The second-order valence-corrected chi connectivity index (χ2v) is 7.25. The lowest BCUT2D eigenvalue weighted by atomic mass is 9.88. The first-order valence-electron chi connectivity index (χ1n) is 9.19. The fourth-order valence-corrected chi connectivity index (χ4v) is 3.59. The normalized spacial score (nSPS) is 18.7. The molecule has 0 unspecified atom stereocenters. The fraction of sp³-hybridized carbons (Fsp3) is 0.250. The molecule has 13 heteroatoms. The van der Waals surface area contributed by atoms with Crippen LogP contribution in [0.2, 0.25) is 0 Å². The van der Waals surface area contributed by atoms with Crippen LogP contribution in [0, 0.1) is 23.0 Å². The predicted octanol–water partition coefficient (Wildman–Crippen LogP) is 3.95. The molecule has 1 aliphatic rings. The number of imide groups is 1. The van der Waals surface area contributed by atoms with Gasteiger partial charge in [-0.2, -0.15) is 13.9 Å². The van der Waals surface area contributed by atoms with E-state index in [2.05, 4.69) is 5.11 Å². The van der Waals surface area contributed by atoms with Gasteiger partial charge < -0.3 is 5.11 Å². The molecule has 1 fully saturated rings. The van der Waals surface area contributed by atoms with Crippen molar-refractivity contribution in [1.82, 2.24) is 9.80 Å². The third kappa shape index (κ3) is 3.68. The monoisotopic (exact) mass is 470 g/mol. The van der Waals surface area contributed by atoms with Gasteiger partial charge >= 0.3 is 18.0 Å². The van der Waals surface area contributed by atoms with Crippen LogP contribution in [0.5, 0.6) is 0 Å². The summed E-state index contributed by atoms with van der Waals surface area (Å²) in [5.41, 5.74) is 2.85. The van der Waals surface area contributed by atoms with E-state index in [1.54, 1.807) is 0 Å². The van der Waals surface area contributed by atoms with Crippen molar-refractivity contribution in [2.24, 2.45) is 5.11 Å². The highest BCUT2D eigenvalue weighted by Gasteiger charge is 2.65. The summed E-state index contributed by atoms with van der Waals surface area (Å²) in [6, 6.07) is -0.983. The summed E-state index contributed by atoms with van der Waals surface area (Å²) < 4.78 is 72.4. The zero-order chi connectivity index (χ0) is 24.7. The molecule has 1 atom stereocenters. The smallest absolute Gasteiger partial charge is 0.360 e. The van der Waals surface area contributed by atoms with Gasteiger partial charge in [-0.05, 0) is 30.2 Å². The van der Waals surface area contributed by atoms with E-state index < -0.39 is 59.1 Å². The third-order valence-corrected chi connectivity index (χ3v) is 5.24. The Labute approximate surface area is 182 Å². The van der Waals surface area contributed by atoms with Crippen LogP contribution in [-0.2, 0) is 27.7 Å². The van der Waals surface area contributed by atoms with Gasteiger partial charge in [-0.25, -0.2) is 28.4 Å². The summed E-state index contributed by atoms with van der Waals surface area (Å²) in [7, 11) is 0. The molecule has 1 heterocycles. The van der Waals surface area contributed by atoms with E-state index in [1.165, 1.54) is 24.3 Å². The Morgan fingerprint density at radius 2 is 1.70 bits per heavy atom. The number of carboxylic acid groups (broad SMARTS) is 1. The van der Waals surface area contributed by atoms with Crippen LogP contribution in [0.1, 0.15) is 23.6 Å². The zero-order valence-electron chi connectivity index (χ0n) is 16.8. The predicted molar refractivity (Wildman–Crippen MR) is 99.4 cm³/mol. The van der Waals surface area contributed by atoms with Gasteiger partial charge in [0.15, 0.2) is 23.0 Å². The van der Waals surface area contributed by atoms with Crippen molar-refractivity contribution in [2.75, 3.05) is 6.54 Å². The first-order chi connectivity index (χ1) is 15.4. The highest BCUT2D eigenvalue weighted by molar-refractivity contribution is 6.09. The molecule has 3 amide bonds. The Bertz CT molecular complexity index is 1160. The number of aliphatic carboxylic acids is 1. The molecule has 0 spiro atoms. The number of carbonyl (C=O) groups excluding carboxylic acids is 2. The van der Waals surface area contributed by atoms with Gasteiger partial charge in [0.2, 0.25) is 0 Å².